The maximum absolute atomic E-state index is 14.0. The average molecular weight is 602 g/mol. The minimum Gasteiger partial charge on any atom is -0.463 e. The van der Waals surface area contributed by atoms with Gasteiger partial charge in [-0.1, -0.05) is 50.7 Å². The largest absolute Gasteiger partial charge is 0.463 e. The number of aliphatic hydroxyl groups is 1. The molecule has 3 saturated carbocycles. The summed E-state index contributed by atoms with van der Waals surface area (Å²) in [5.74, 6) is -0.0542. The van der Waals surface area contributed by atoms with Crippen LogP contribution in [0.2, 0.25) is 0 Å². The molecule has 0 aromatic rings. The van der Waals surface area contributed by atoms with E-state index < -0.39 is 23.1 Å². The number of fused-ring (bicyclic) bond motifs is 2. The second kappa shape index (κ2) is 14.2. The Hall–Kier alpha value is -1.61. The number of ketones is 2. The summed E-state index contributed by atoms with van der Waals surface area (Å²) in [6, 6.07) is 0. The molecule has 0 spiro atoms. The average Bonchev–Trinajstić information content (AvgIpc) is 3.72. The number of Topliss-reactive ketones (excluding diaryl/α,β-unsaturated/α-hetero) is 2. The number of rotatable bonds is 13. The molecule has 0 bridgehead atoms. The van der Waals surface area contributed by atoms with E-state index in [-0.39, 0.29) is 42.8 Å². The number of quaternary nitrogens is 1. The third-order valence-corrected chi connectivity index (χ3v) is 11.6. The minimum absolute atomic E-state index is 0.0603. The fraction of sp³-hybridized carbons (Fsp3) is 0.857. The molecule has 5 fully saturated rings. The zero-order valence-electron chi connectivity index (χ0n) is 26.7. The first-order chi connectivity index (χ1) is 20.7. The van der Waals surface area contributed by atoms with Crippen molar-refractivity contribution in [2.24, 2.45) is 35.3 Å². The molecule has 2 saturated heterocycles. The van der Waals surface area contributed by atoms with E-state index in [0.29, 0.717) is 30.6 Å². The standard InChI is InChI=1S/C35H56N2O6/c1-3-4-5-8-19-42-33(41)35-32(40)29-10-7-6-9-28(29)31(39)34(35,43-35)17-15-23(2)20-26(25-16-18-37-30(36)22-25)21-24-11-13-27(38)14-12-24/h15,24-30,37-38H,3-14,16-22,36H2,1-2H3/p+1. The maximum atomic E-state index is 14.0. The Morgan fingerprint density at radius 2 is 1.79 bits per heavy atom. The molecule has 5 aliphatic rings. The molecule has 0 amide bonds. The summed E-state index contributed by atoms with van der Waals surface area (Å²) in [7, 11) is 0. The summed E-state index contributed by atoms with van der Waals surface area (Å²) in [6.45, 7) is 5.56. The number of carbonyl (C=O) groups excluding carboxylic acids is 3. The van der Waals surface area contributed by atoms with Crippen LogP contribution >= 0.6 is 0 Å². The fourth-order valence-electron chi connectivity index (χ4n) is 9.00. The Bertz CT molecular complexity index is 1040. The van der Waals surface area contributed by atoms with Crippen molar-refractivity contribution >= 4 is 17.5 Å². The predicted octanol–water partition coefficient (Wildman–Crippen LogP) is 4.12. The van der Waals surface area contributed by atoms with Gasteiger partial charge in [0.25, 0.3) is 5.60 Å². The van der Waals surface area contributed by atoms with Gasteiger partial charge in [-0.05, 0) is 88.9 Å². The van der Waals surface area contributed by atoms with Gasteiger partial charge in [0.1, 0.15) is 6.17 Å². The monoisotopic (exact) mass is 601 g/mol. The van der Waals surface area contributed by atoms with E-state index in [1.54, 1.807) is 0 Å². The zero-order valence-corrected chi connectivity index (χ0v) is 26.7. The first-order valence-electron chi connectivity index (χ1n) is 17.6. The van der Waals surface area contributed by atoms with Gasteiger partial charge in [0.2, 0.25) is 0 Å². The number of hydrogen-bond acceptors (Lipinski definition) is 7. The van der Waals surface area contributed by atoms with Crippen molar-refractivity contribution < 1.29 is 34.3 Å². The molecule has 8 heteroatoms. The van der Waals surface area contributed by atoms with E-state index in [2.05, 4.69) is 25.2 Å². The highest BCUT2D eigenvalue weighted by molar-refractivity contribution is 6.23. The lowest BCUT2D eigenvalue weighted by Crippen LogP contribution is -2.94. The van der Waals surface area contributed by atoms with Crippen LogP contribution in [-0.2, 0) is 23.9 Å². The van der Waals surface area contributed by atoms with Crippen LogP contribution in [0.4, 0.5) is 0 Å². The van der Waals surface area contributed by atoms with E-state index >= 15 is 0 Å². The molecule has 0 aromatic heterocycles. The molecule has 0 radical (unpaired) electrons. The van der Waals surface area contributed by atoms with Gasteiger partial charge in [-0.15, -0.1) is 0 Å². The van der Waals surface area contributed by atoms with Gasteiger partial charge < -0.3 is 19.9 Å². The van der Waals surface area contributed by atoms with Crippen molar-refractivity contribution in [1.29, 1.82) is 0 Å². The third-order valence-electron chi connectivity index (χ3n) is 11.6. The number of allylic oxidation sites excluding steroid dienone is 1. The molecular weight excluding hydrogens is 544 g/mol. The lowest BCUT2D eigenvalue weighted by atomic mass is 9.61. The maximum Gasteiger partial charge on any atom is 0.349 e. The molecule has 5 N–H and O–H groups in total. The molecule has 43 heavy (non-hydrogen) atoms. The molecule has 5 rings (SSSR count). The number of nitrogens with two attached hydrogens (primary N) is 2. The predicted molar refractivity (Wildman–Crippen MR) is 164 cm³/mol. The molecular formula is C35H57N2O6+. The summed E-state index contributed by atoms with van der Waals surface area (Å²) in [5.41, 5.74) is 4.38. The highest BCUT2D eigenvalue weighted by atomic mass is 16.7. The van der Waals surface area contributed by atoms with Crippen LogP contribution < -0.4 is 11.1 Å². The molecule has 7 unspecified atom stereocenters. The van der Waals surface area contributed by atoms with E-state index in [9.17, 15) is 19.5 Å². The van der Waals surface area contributed by atoms with Crippen molar-refractivity contribution in [3.8, 4) is 0 Å². The summed E-state index contributed by atoms with van der Waals surface area (Å²) >= 11 is 0. The highest BCUT2D eigenvalue weighted by Crippen LogP contribution is 2.61. The quantitative estimate of drug-likeness (QED) is 0.0950. The van der Waals surface area contributed by atoms with Crippen molar-refractivity contribution in [3.05, 3.63) is 11.6 Å². The molecule has 2 aliphatic heterocycles. The van der Waals surface area contributed by atoms with Crippen LogP contribution in [0.3, 0.4) is 0 Å². The van der Waals surface area contributed by atoms with E-state index in [1.165, 1.54) is 5.57 Å². The second-order valence-electron chi connectivity index (χ2n) is 14.6. The van der Waals surface area contributed by atoms with Crippen LogP contribution in [0.5, 0.6) is 0 Å². The number of piperidine rings is 1. The van der Waals surface area contributed by atoms with Crippen molar-refractivity contribution in [1.82, 2.24) is 0 Å². The summed E-state index contributed by atoms with van der Waals surface area (Å²) in [5, 5.41) is 12.3. The van der Waals surface area contributed by atoms with Gasteiger partial charge in [-0.25, -0.2) is 4.79 Å². The van der Waals surface area contributed by atoms with Crippen molar-refractivity contribution in [2.45, 2.75) is 146 Å². The SMILES string of the molecule is CCCCCCOC(=O)C12OC1(CC=C(C)CC(CC1CCC(O)CC1)C1CC[NH2+]C(N)C1)C(=O)C1CCCCC1C2=O. The van der Waals surface area contributed by atoms with Gasteiger partial charge in [0, 0.05) is 24.7 Å². The van der Waals surface area contributed by atoms with E-state index in [1.807, 2.05) is 0 Å². The van der Waals surface area contributed by atoms with Gasteiger partial charge >= 0.3 is 5.97 Å². The van der Waals surface area contributed by atoms with Gasteiger partial charge in [0.05, 0.1) is 19.3 Å². The number of aliphatic hydroxyl groups excluding tert-OH is 1. The van der Waals surface area contributed by atoms with Gasteiger partial charge in [0.15, 0.2) is 17.2 Å². The van der Waals surface area contributed by atoms with Crippen molar-refractivity contribution in [3.63, 3.8) is 0 Å². The van der Waals surface area contributed by atoms with Crippen LogP contribution in [0.25, 0.3) is 0 Å². The van der Waals surface area contributed by atoms with Crippen molar-refractivity contribution in [2.75, 3.05) is 13.2 Å². The Morgan fingerprint density at radius 1 is 1.07 bits per heavy atom. The van der Waals surface area contributed by atoms with Gasteiger partial charge in [-0.2, -0.15) is 0 Å². The molecule has 2 heterocycles. The Labute approximate surface area is 258 Å². The Morgan fingerprint density at radius 3 is 2.49 bits per heavy atom. The van der Waals surface area contributed by atoms with Crippen LogP contribution in [0.15, 0.2) is 11.6 Å². The number of ether oxygens (including phenoxy) is 2. The number of unbranched alkanes of at least 4 members (excludes halogenated alkanes) is 3. The highest BCUT2D eigenvalue weighted by Gasteiger charge is 2.86. The van der Waals surface area contributed by atoms with Gasteiger partial charge in [-0.3, -0.25) is 15.3 Å². The first-order valence-corrected chi connectivity index (χ1v) is 17.6. The third kappa shape index (κ3) is 6.83. The normalized spacial score (nSPS) is 38.7. The summed E-state index contributed by atoms with van der Waals surface area (Å²) in [4.78, 5) is 41.5. The first kappa shape index (κ1) is 32.8. The van der Waals surface area contributed by atoms with Crippen LogP contribution in [0.1, 0.15) is 123 Å². The molecule has 7 atom stereocenters. The van der Waals surface area contributed by atoms with E-state index in [0.717, 1.165) is 96.4 Å². The summed E-state index contributed by atoms with van der Waals surface area (Å²) < 4.78 is 11.8. The molecule has 242 valence electrons. The smallest absolute Gasteiger partial charge is 0.349 e. The number of carbonyl (C=O) groups is 3. The molecule has 3 aliphatic carbocycles. The van der Waals surface area contributed by atoms with Crippen LogP contribution in [-0.4, -0.2) is 59.3 Å². The number of esters is 1. The van der Waals surface area contributed by atoms with E-state index in [4.69, 9.17) is 15.2 Å². The fourth-order valence-corrected chi connectivity index (χ4v) is 9.00. The Kier molecular flexibility index (Phi) is 10.8. The molecule has 8 nitrogen and oxygen atoms in total. The summed E-state index contributed by atoms with van der Waals surface area (Å²) in [6.07, 6.45) is 17.5. The van der Waals surface area contributed by atoms with Crippen LogP contribution in [0, 0.1) is 29.6 Å². The molecule has 0 aromatic carbocycles. The lowest BCUT2D eigenvalue weighted by Gasteiger charge is -2.37. The lowest BCUT2D eigenvalue weighted by molar-refractivity contribution is -0.699. The Balaban J connectivity index is 1.31. The number of epoxide rings is 1. The zero-order chi connectivity index (χ0) is 30.6. The topological polar surface area (TPSA) is 136 Å². The minimum atomic E-state index is -1.77. The second-order valence-corrected chi connectivity index (χ2v) is 14.6. The number of hydrogen-bond donors (Lipinski definition) is 3.